The lowest BCUT2D eigenvalue weighted by molar-refractivity contribution is -0.385. The maximum atomic E-state index is 13.0. The SMILES string of the molecule is O=C(Oc1c([N+](=O)[O-])ccc2cccnc12)c1ccccc1Sc1ccccc1. The molecule has 0 atom stereocenters. The molecule has 6 nitrogen and oxygen atoms in total. The third-order valence-electron chi connectivity index (χ3n) is 4.18. The first kappa shape index (κ1) is 18.6. The first-order valence-corrected chi connectivity index (χ1v) is 9.51. The van der Waals surface area contributed by atoms with E-state index in [2.05, 4.69) is 4.98 Å². The normalized spacial score (nSPS) is 10.6. The number of esters is 1. The number of benzene rings is 3. The summed E-state index contributed by atoms with van der Waals surface area (Å²) in [6.07, 6.45) is 1.50. The van der Waals surface area contributed by atoms with Crippen LogP contribution >= 0.6 is 11.8 Å². The fourth-order valence-corrected chi connectivity index (χ4v) is 3.79. The summed E-state index contributed by atoms with van der Waals surface area (Å²) < 4.78 is 5.53. The molecule has 0 bridgehead atoms. The topological polar surface area (TPSA) is 82.3 Å². The summed E-state index contributed by atoms with van der Waals surface area (Å²) in [4.78, 5) is 29.7. The van der Waals surface area contributed by atoms with Crippen LogP contribution in [-0.4, -0.2) is 15.9 Å². The number of nitro benzene ring substituents is 1. The second-order valence-electron chi connectivity index (χ2n) is 6.05. The molecule has 0 saturated heterocycles. The molecule has 142 valence electrons. The van der Waals surface area contributed by atoms with Gasteiger partial charge in [-0.15, -0.1) is 0 Å². The van der Waals surface area contributed by atoms with Crippen molar-refractivity contribution in [3.8, 4) is 5.75 Å². The van der Waals surface area contributed by atoms with E-state index in [0.29, 0.717) is 15.8 Å². The van der Waals surface area contributed by atoms with Crippen LogP contribution in [0.1, 0.15) is 10.4 Å². The van der Waals surface area contributed by atoms with Crippen LogP contribution in [0.5, 0.6) is 5.75 Å². The Kier molecular flexibility index (Phi) is 5.22. The standard InChI is InChI=1S/C22H14N2O4S/c25-22(17-10-4-5-11-19(17)29-16-8-2-1-3-9-16)28-21-18(24(26)27)13-12-15-7-6-14-23-20(15)21/h1-14H. The average molecular weight is 402 g/mol. The van der Waals surface area contributed by atoms with Gasteiger partial charge in [0.1, 0.15) is 5.52 Å². The Balaban J connectivity index is 1.73. The summed E-state index contributed by atoms with van der Waals surface area (Å²) in [6.45, 7) is 0. The number of pyridine rings is 1. The lowest BCUT2D eigenvalue weighted by Crippen LogP contribution is -2.11. The predicted molar refractivity (Wildman–Crippen MR) is 110 cm³/mol. The highest BCUT2D eigenvalue weighted by molar-refractivity contribution is 7.99. The van der Waals surface area contributed by atoms with Crippen LogP contribution in [0.2, 0.25) is 0 Å². The summed E-state index contributed by atoms with van der Waals surface area (Å²) in [6, 6.07) is 23.0. The van der Waals surface area contributed by atoms with Gasteiger partial charge in [-0.1, -0.05) is 48.2 Å². The minimum Gasteiger partial charge on any atom is -0.413 e. The van der Waals surface area contributed by atoms with Gasteiger partial charge < -0.3 is 4.74 Å². The van der Waals surface area contributed by atoms with Gasteiger partial charge in [0.15, 0.2) is 0 Å². The Bertz CT molecular complexity index is 1210. The van der Waals surface area contributed by atoms with Gasteiger partial charge in [0.2, 0.25) is 5.75 Å². The molecule has 29 heavy (non-hydrogen) atoms. The first-order chi connectivity index (χ1) is 14.1. The van der Waals surface area contributed by atoms with E-state index in [1.54, 1.807) is 30.3 Å². The third kappa shape index (κ3) is 3.95. The number of hydrogen-bond donors (Lipinski definition) is 0. The number of nitro groups is 1. The van der Waals surface area contributed by atoms with E-state index in [1.807, 2.05) is 42.5 Å². The zero-order chi connectivity index (χ0) is 20.2. The van der Waals surface area contributed by atoms with Gasteiger partial charge in [0.25, 0.3) is 0 Å². The molecule has 0 spiro atoms. The van der Waals surface area contributed by atoms with E-state index >= 15 is 0 Å². The summed E-state index contributed by atoms with van der Waals surface area (Å²) in [5.74, 6) is -0.831. The molecule has 1 heterocycles. The van der Waals surface area contributed by atoms with E-state index in [0.717, 1.165) is 4.90 Å². The minimum atomic E-state index is -0.676. The van der Waals surface area contributed by atoms with E-state index in [4.69, 9.17) is 4.74 Å². The van der Waals surface area contributed by atoms with Crippen LogP contribution in [0, 0.1) is 10.1 Å². The molecule has 3 aromatic carbocycles. The van der Waals surface area contributed by atoms with Gasteiger partial charge in [-0.25, -0.2) is 4.79 Å². The molecule has 0 saturated carbocycles. The largest absolute Gasteiger partial charge is 0.413 e. The van der Waals surface area contributed by atoms with Crippen LogP contribution < -0.4 is 4.74 Å². The molecule has 0 fully saturated rings. The van der Waals surface area contributed by atoms with Crippen molar-refractivity contribution in [3.63, 3.8) is 0 Å². The quantitative estimate of drug-likeness (QED) is 0.189. The molecule has 4 rings (SSSR count). The van der Waals surface area contributed by atoms with Gasteiger partial charge in [-0.3, -0.25) is 15.1 Å². The van der Waals surface area contributed by atoms with Gasteiger partial charge >= 0.3 is 11.7 Å². The van der Waals surface area contributed by atoms with Crippen molar-refractivity contribution in [2.24, 2.45) is 0 Å². The smallest absolute Gasteiger partial charge is 0.345 e. The fourth-order valence-electron chi connectivity index (χ4n) is 2.84. The third-order valence-corrected chi connectivity index (χ3v) is 5.26. The van der Waals surface area contributed by atoms with Gasteiger partial charge in [0, 0.05) is 27.4 Å². The highest BCUT2D eigenvalue weighted by atomic mass is 32.2. The van der Waals surface area contributed by atoms with Crippen molar-refractivity contribution in [1.82, 2.24) is 4.98 Å². The molecule has 0 unspecified atom stereocenters. The molecule has 7 heteroatoms. The van der Waals surface area contributed by atoms with Crippen molar-refractivity contribution >= 4 is 34.3 Å². The predicted octanol–water partition coefficient (Wildman–Crippen LogP) is 5.51. The van der Waals surface area contributed by atoms with Crippen LogP contribution in [-0.2, 0) is 0 Å². The van der Waals surface area contributed by atoms with Gasteiger partial charge in [0.05, 0.1) is 10.5 Å². The minimum absolute atomic E-state index is 0.155. The number of nitrogens with zero attached hydrogens (tertiary/aromatic N) is 2. The van der Waals surface area contributed by atoms with Crippen LogP contribution in [0.4, 0.5) is 5.69 Å². The molecular formula is C22H14N2O4S. The number of rotatable bonds is 5. The van der Waals surface area contributed by atoms with E-state index in [9.17, 15) is 14.9 Å². The first-order valence-electron chi connectivity index (χ1n) is 8.70. The highest BCUT2D eigenvalue weighted by Crippen LogP contribution is 2.36. The fraction of sp³-hybridized carbons (Fsp3) is 0. The Morgan fingerprint density at radius 1 is 0.931 bits per heavy atom. The van der Waals surface area contributed by atoms with Crippen molar-refractivity contribution in [1.29, 1.82) is 0 Å². The maximum Gasteiger partial charge on any atom is 0.345 e. The number of aromatic nitrogens is 1. The number of fused-ring (bicyclic) bond motifs is 1. The monoisotopic (exact) mass is 402 g/mol. The second-order valence-corrected chi connectivity index (χ2v) is 7.16. The molecule has 0 aliphatic carbocycles. The Hall–Kier alpha value is -3.71. The summed E-state index contributed by atoms with van der Waals surface area (Å²) in [7, 11) is 0. The maximum absolute atomic E-state index is 13.0. The summed E-state index contributed by atoms with van der Waals surface area (Å²) >= 11 is 1.42. The average Bonchev–Trinajstić information content (AvgIpc) is 2.75. The molecule has 0 aliphatic rings. The molecule has 0 aliphatic heterocycles. The zero-order valence-corrected chi connectivity index (χ0v) is 15.8. The van der Waals surface area contributed by atoms with Gasteiger partial charge in [-0.05, 0) is 36.4 Å². The highest BCUT2D eigenvalue weighted by Gasteiger charge is 2.24. The van der Waals surface area contributed by atoms with Gasteiger partial charge in [-0.2, -0.15) is 0 Å². The Morgan fingerprint density at radius 3 is 2.48 bits per heavy atom. The zero-order valence-electron chi connectivity index (χ0n) is 15.0. The second kappa shape index (κ2) is 8.12. The Morgan fingerprint density at radius 2 is 1.69 bits per heavy atom. The van der Waals surface area contributed by atoms with Crippen LogP contribution in [0.25, 0.3) is 10.9 Å². The number of carbonyl (C=O) groups excluding carboxylic acids is 1. The number of hydrogen-bond acceptors (Lipinski definition) is 6. The van der Waals surface area contributed by atoms with Crippen molar-refractivity contribution < 1.29 is 14.5 Å². The number of carbonyl (C=O) groups is 1. The van der Waals surface area contributed by atoms with E-state index in [-0.39, 0.29) is 17.0 Å². The van der Waals surface area contributed by atoms with E-state index < -0.39 is 10.9 Å². The molecule has 1 aromatic heterocycles. The number of ether oxygens (including phenoxy) is 1. The van der Waals surface area contributed by atoms with E-state index in [1.165, 1.54) is 24.0 Å². The lowest BCUT2D eigenvalue weighted by Gasteiger charge is -2.10. The van der Waals surface area contributed by atoms with Crippen LogP contribution in [0.15, 0.2) is 94.9 Å². The van der Waals surface area contributed by atoms with Crippen molar-refractivity contribution in [3.05, 3.63) is 101 Å². The summed E-state index contributed by atoms with van der Waals surface area (Å²) in [5, 5.41) is 12.1. The molecule has 0 N–H and O–H groups in total. The molecule has 0 amide bonds. The summed E-state index contributed by atoms with van der Waals surface area (Å²) in [5.41, 5.74) is 0.282. The molecule has 4 aromatic rings. The molecule has 0 radical (unpaired) electrons. The van der Waals surface area contributed by atoms with Crippen molar-refractivity contribution in [2.45, 2.75) is 9.79 Å². The lowest BCUT2D eigenvalue weighted by atomic mass is 10.1. The molecular weight excluding hydrogens is 388 g/mol. The van der Waals surface area contributed by atoms with Crippen LogP contribution in [0.3, 0.4) is 0 Å². The Labute approximate surface area is 170 Å². The van der Waals surface area contributed by atoms with Crippen molar-refractivity contribution in [2.75, 3.05) is 0 Å².